The second-order valence-electron chi connectivity index (χ2n) is 5.88. The number of carbonyl (C=O) groups excluding carboxylic acids is 2. The Bertz CT molecular complexity index is 1050. The maximum absolute atomic E-state index is 12.7. The summed E-state index contributed by atoms with van der Waals surface area (Å²) in [5.41, 5.74) is 1.43. The van der Waals surface area contributed by atoms with Gasteiger partial charge in [0.1, 0.15) is 5.75 Å². The highest BCUT2D eigenvalue weighted by atomic mass is 32.1. The molecule has 0 heterocycles. The van der Waals surface area contributed by atoms with Crippen LogP contribution in [0.5, 0.6) is 5.75 Å². The average molecular weight is 394 g/mol. The summed E-state index contributed by atoms with van der Waals surface area (Å²) in [4.78, 5) is 24.1. The van der Waals surface area contributed by atoms with Gasteiger partial charge in [0.2, 0.25) is 0 Å². The Morgan fingerprint density at radius 3 is 2.18 bits per heavy atom. The quantitative estimate of drug-likeness (QED) is 0.518. The summed E-state index contributed by atoms with van der Waals surface area (Å²) in [6.45, 7) is 0. The number of thiocarbonyl (C=S) groups is 1. The first-order chi connectivity index (χ1) is 13.5. The van der Waals surface area contributed by atoms with Crippen LogP contribution in [0.25, 0.3) is 10.8 Å². The monoisotopic (exact) mass is 394 g/mol. The summed E-state index contributed by atoms with van der Waals surface area (Å²) < 4.78 is 10.0. The molecule has 3 rings (SSSR count). The average Bonchev–Trinajstić information content (AvgIpc) is 2.72. The standard InChI is InChI=1S/C21H18N2O4S/c1-26-18-12-15-6-4-3-5-14(15)11-17(18)19(24)23-21(28)22-16-9-7-13(8-10-16)20(25)27-2/h3-12H,1-2H3,(H2,22,23,24,28). The first-order valence-electron chi connectivity index (χ1n) is 8.39. The van der Waals surface area contributed by atoms with Gasteiger partial charge in [-0.3, -0.25) is 10.1 Å². The van der Waals surface area contributed by atoms with Crippen LogP contribution in [0.1, 0.15) is 20.7 Å². The fourth-order valence-corrected chi connectivity index (χ4v) is 2.92. The maximum Gasteiger partial charge on any atom is 0.337 e. The number of hydrogen-bond acceptors (Lipinski definition) is 5. The Hall–Kier alpha value is -3.45. The minimum atomic E-state index is -0.425. The molecule has 0 saturated carbocycles. The van der Waals surface area contributed by atoms with Crippen LogP contribution in [-0.2, 0) is 4.74 Å². The van der Waals surface area contributed by atoms with E-state index in [9.17, 15) is 9.59 Å². The number of anilines is 1. The highest BCUT2D eigenvalue weighted by Gasteiger charge is 2.15. The minimum Gasteiger partial charge on any atom is -0.496 e. The zero-order valence-electron chi connectivity index (χ0n) is 15.3. The number of hydrogen-bond donors (Lipinski definition) is 2. The third-order valence-electron chi connectivity index (χ3n) is 4.10. The number of rotatable bonds is 4. The molecule has 28 heavy (non-hydrogen) atoms. The highest BCUT2D eigenvalue weighted by Crippen LogP contribution is 2.26. The van der Waals surface area contributed by atoms with Crippen LogP contribution in [0.4, 0.5) is 5.69 Å². The van der Waals surface area contributed by atoms with Crippen molar-refractivity contribution in [1.82, 2.24) is 5.32 Å². The van der Waals surface area contributed by atoms with Crippen molar-refractivity contribution in [1.29, 1.82) is 0 Å². The molecule has 0 unspecified atom stereocenters. The van der Waals surface area contributed by atoms with Crippen molar-refractivity contribution in [3.63, 3.8) is 0 Å². The van der Waals surface area contributed by atoms with E-state index >= 15 is 0 Å². The van der Waals surface area contributed by atoms with E-state index in [2.05, 4.69) is 15.4 Å². The van der Waals surface area contributed by atoms with Crippen LogP contribution in [0.2, 0.25) is 0 Å². The summed E-state index contributed by atoms with van der Waals surface area (Å²) in [6, 6.07) is 17.8. The Kier molecular flexibility index (Phi) is 5.86. The second-order valence-corrected chi connectivity index (χ2v) is 6.29. The van der Waals surface area contributed by atoms with Gasteiger partial charge in [0, 0.05) is 5.69 Å². The molecule has 0 aliphatic carbocycles. The molecule has 0 spiro atoms. The first kappa shape index (κ1) is 19.3. The largest absolute Gasteiger partial charge is 0.496 e. The van der Waals surface area contributed by atoms with Crippen molar-refractivity contribution in [3.05, 3.63) is 71.8 Å². The minimum absolute atomic E-state index is 0.131. The van der Waals surface area contributed by atoms with Crippen LogP contribution >= 0.6 is 12.2 Å². The van der Waals surface area contributed by atoms with Crippen LogP contribution in [0, 0.1) is 0 Å². The Labute approximate surface area is 167 Å². The van der Waals surface area contributed by atoms with Gasteiger partial charge in [0.05, 0.1) is 25.3 Å². The molecule has 3 aromatic carbocycles. The van der Waals surface area contributed by atoms with Crippen molar-refractivity contribution >= 4 is 45.7 Å². The van der Waals surface area contributed by atoms with Crippen LogP contribution in [0.15, 0.2) is 60.7 Å². The number of ether oxygens (including phenoxy) is 2. The van der Waals surface area contributed by atoms with Gasteiger partial charge in [-0.2, -0.15) is 0 Å². The van der Waals surface area contributed by atoms with E-state index in [1.54, 1.807) is 30.3 Å². The lowest BCUT2D eigenvalue weighted by Gasteiger charge is -2.13. The summed E-state index contributed by atoms with van der Waals surface area (Å²) in [7, 11) is 2.83. The molecule has 0 atom stereocenters. The zero-order valence-corrected chi connectivity index (χ0v) is 16.1. The first-order valence-corrected chi connectivity index (χ1v) is 8.80. The van der Waals surface area contributed by atoms with Gasteiger partial charge >= 0.3 is 5.97 Å². The Balaban J connectivity index is 1.73. The number of benzene rings is 3. The third kappa shape index (κ3) is 4.27. The number of esters is 1. The molecular weight excluding hydrogens is 376 g/mol. The summed E-state index contributed by atoms with van der Waals surface area (Å²) in [6.07, 6.45) is 0. The number of amides is 1. The molecule has 7 heteroatoms. The van der Waals surface area contributed by atoms with Crippen LogP contribution < -0.4 is 15.4 Å². The lowest BCUT2D eigenvalue weighted by atomic mass is 10.1. The summed E-state index contributed by atoms with van der Waals surface area (Å²) in [5, 5.41) is 7.58. The van der Waals surface area contributed by atoms with Crippen LogP contribution in [-0.4, -0.2) is 31.2 Å². The lowest BCUT2D eigenvalue weighted by Crippen LogP contribution is -2.34. The fraction of sp³-hybridized carbons (Fsp3) is 0.0952. The molecule has 1 amide bonds. The van der Waals surface area contributed by atoms with E-state index in [4.69, 9.17) is 17.0 Å². The summed E-state index contributed by atoms with van der Waals surface area (Å²) >= 11 is 5.22. The van der Waals surface area contributed by atoms with Crippen molar-refractivity contribution in [2.45, 2.75) is 0 Å². The van der Waals surface area contributed by atoms with Gasteiger partial charge in [-0.1, -0.05) is 24.3 Å². The maximum atomic E-state index is 12.7. The van der Waals surface area contributed by atoms with Gasteiger partial charge in [-0.15, -0.1) is 0 Å². The SMILES string of the molecule is COC(=O)c1ccc(NC(=S)NC(=O)c2cc3ccccc3cc2OC)cc1. The molecule has 0 aromatic heterocycles. The number of nitrogens with one attached hydrogen (secondary N) is 2. The Morgan fingerprint density at radius 2 is 1.57 bits per heavy atom. The molecule has 142 valence electrons. The van der Waals surface area contributed by atoms with E-state index < -0.39 is 5.97 Å². The fourth-order valence-electron chi connectivity index (χ4n) is 2.71. The molecular formula is C21H18N2O4S. The molecule has 0 saturated heterocycles. The van der Waals surface area contributed by atoms with Gasteiger partial charge in [-0.05, 0) is 59.4 Å². The Morgan fingerprint density at radius 1 is 0.929 bits per heavy atom. The molecule has 0 aliphatic rings. The smallest absolute Gasteiger partial charge is 0.337 e. The van der Waals surface area contributed by atoms with Gasteiger partial charge in [0.15, 0.2) is 5.11 Å². The predicted octanol–water partition coefficient (Wildman–Crippen LogP) is 3.76. The van der Waals surface area contributed by atoms with Crippen molar-refractivity contribution < 1.29 is 19.1 Å². The lowest BCUT2D eigenvalue weighted by molar-refractivity contribution is 0.0600. The van der Waals surface area contributed by atoms with E-state index in [0.29, 0.717) is 22.6 Å². The number of carbonyl (C=O) groups is 2. The molecule has 0 bridgehead atoms. The van der Waals surface area contributed by atoms with Crippen LogP contribution in [0.3, 0.4) is 0 Å². The van der Waals surface area contributed by atoms with Gasteiger partial charge < -0.3 is 14.8 Å². The summed E-state index contributed by atoms with van der Waals surface area (Å²) in [5.74, 6) is -0.349. The van der Waals surface area contributed by atoms with E-state index in [1.807, 2.05) is 30.3 Å². The van der Waals surface area contributed by atoms with E-state index in [1.165, 1.54) is 14.2 Å². The molecule has 6 nitrogen and oxygen atoms in total. The van der Waals surface area contributed by atoms with Crippen molar-refractivity contribution in [3.8, 4) is 5.75 Å². The third-order valence-corrected chi connectivity index (χ3v) is 4.31. The van der Waals surface area contributed by atoms with Crippen molar-refractivity contribution in [2.24, 2.45) is 0 Å². The van der Waals surface area contributed by atoms with Gasteiger partial charge in [0.25, 0.3) is 5.91 Å². The molecule has 0 radical (unpaired) electrons. The number of methoxy groups -OCH3 is 2. The second kappa shape index (κ2) is 8.49. The normalized spacial score (nSPS) is 10.2. The molecule has 0 aliphatic heterocycles. The van der Waals surface area contributed by atoms with E-state index in [-0.39, 0.29) is 11.0 Å². The highest BCUT2D eigenvalue weighted by molar-refractivity contribution is 7.80. The molecule has 0 fully saturated rings. The number of fused-ring (bicyclic) bond motifs is 1. The molecule has 2 N–H and O–H groups in total. The topological polar surface area (TPSA) is 76.7 Å². The van der Waals surface area contributed by atoms with Crippen molar-refractivity contribution in [2.75, 3.05) is 19.5 Å². The van der Waals surface area contributed by atoms with Gasteiger partial charge in [-0.25, -0.2) is 4.79 Å². The molecule has 3 aromatic rings. The zero-order chi connectivity index (χ0) is 20.1. The van der Waals surface area contributed by atoms with E-state index in [0.717, 1.165) is 10.8 Å². The predicted molar refractivity (Wildman–Crippen MR) is 112 cm³/mol.